The standard InChI is InChI=1S/C18H24N2/c1-15(17-11-7-4-8-12-17)20-18(2,14-19)13-16-9-5-3-6-10-16/h3-12,15,20H,13-14,19H2,1-2H3. The van der Waals surface area contributed by atoms with Crippen molar-refractivity contribution in [2.75, 3.05) is 6.54 Å². The second-order valence-electron chi connectivity index (χ2n) is 5.70. The largest absolute Gasteiger partial charge is 0.329 e. The van der Waals surface area contributed by atoms with E-state index in [2.05, 4.69) is 67.7 Å². The third-order valence-electron chi connectivity index (χ3n) is 3.75. The fourth-order valence-corrected chi connectivity index (χ4v) is 2.58. The minimum Gasteiger partial charge on any atom is -0.329 e. The van der Waals surface area contributed by atoms with Gasteiger partial charge in [0.2, 0.25) is 0 Å². The van der Waals surface area contributed by atoms with Gasteiger partial charge in [0.15, 0.2) is 0 Å². The van der Waals surface area contributed by atoms with Gasteiger partial charge in [0.25, 0.3) is 0 Å². The lowest BCUT2D eigenvalue weighted by Gasteiger charge is -2.33. The molecule has 0 aliphatic heterocycles. The van der Waals surface area contributed by atoms with Crippen LogP contribution in [0.3, 0.4) is 0 Å². The highest BCUT2D eigenvalue weighted by Gasteiger charge is 2.25. The van der Waals surface area contributed by atoms with Gasteiger partial charge in [-0.3, -0.25) is 0 Å². The molecule has 0 radical (unpaired) electrons. The van der Waals surface area contributed by atoms with Crippen LogP contribution in [0.15, 0.2) is 60.7 Å². The molecule has 2 rings (SSSR count). The van der Waals surface area contributed by atoms with Crippen molar-refractivity contribution < 1.29 is 0 Å². The number of rotatable bonds is 6. The van der Waals surface area contributed by atoms with Gasteiger partial charge in [-0.15, -0.1) is 0 Å². The van der Waals surface area contributed by atoms with E-state index >= 15 is 0 Å². The molecule has 2 aromatic rings. The van der Waals surface area contributed by atoms with Crippen molar-refractivity contribution in [1.82, 2.24) is 5.32 Å². The molecule has 0 aliphatic rings. The van der Waals surface area contributed by atoms with Crippen molar-refractivity contribution in [3.63, 3.8) is 0 Å². The highest BCUT2D eigenvalue weighted by Crippen LogP contribution is 2.19. The molecule has 0 aromatic heterocycles. The Kier molecular flexibility index (Phi) is 4.94. The molecule has 0 saturated heterocycles. The summed E-state index contributed by atoms with van der Waals surface area (Å²) in [6.45, 7) is 4.99. The first-order chi connectivity index (χ1) is 9.63. The van der Waals surface area contributed by atoms with Crippen LogP contribution in [0.5, 0.6) is 0 Å². The summed E-state index contributed by atoms with van der Waals surface area (Å²) in [5.41, 5.74) is 8.52. The van der Waals surface area contributed by atoms with Crippen molar-refractivity contribution >= 4 is 0 Å². The van der Waals surface area contributed by atoms with E-state index in [9.17, 15) is 0 Å². The molecule has 0 aliphatic carbocycles. The molecule has 0 fully saturated rings. The number of hydrogen-bond acceptors (Lipinski definition) is 2. The second-order valence-corrected chi connectivity index (χ2v) is 5.70. The van der Waals surface area contributed by atoms with Gasteiger partial charge < -0.3 is 11.1 Å². The van der Waals surface area contributed by atoms with Crippen molar-refractivity contribution in [2.45, 2.75) is 31.8 Å². The quantitative estimate of drug-likeness (QED) is 0.843. The molecule has 106 valence electrons. The highest BCUT2D eigenvalue weighted by atomic mass is 15.0. The fraction of sp³-hybridized carbons (Fsp3) is 0.333. The highest BCUT2D eigenvalue weighted by molar-refractivity contribution is 5.21. The first-order valence-electron chi connectivity index (χ1n) is 7.19. The van der Waals surface area contributed by atoms with Crippen LogP contribution in [0.2, 0.25) is 0 Å². The maximum absolute atomic E-state index is 6.02. The third kappa shape index (κ3) is 3.92. The Bertz CT molecular complexity index is 509. The second kappa shape index (κ2) is 6.69. The van der Waals surface area contributed by atoms with Crippen LogP contribution in [0.1, 0.15) is 31.0 Å². The number of nitrogens with two attached hydrogens (primary N) is 1. The maximum atomic E-state index is 6.02. The first-order valence-corrected chi connectivity index (χ1v) is 7.19. The molecule has 2 atom stereocenters. The zero-order valence-electron chi connectivity index (χ0n) is 12.3. The molecule has 0 saturated carbocycles. The minimum absolute atomic E-state index is 0.101. The van der Waals surface area contributed by atoms with Crippen molar-refractivity contribution in [3.05, 3.63) is 71.8 Å². The third-order valence-corrected chi connectivity index (χ3v) is 3.75. The molecular weight excluding hydrogens is 244 g/mol. The molecule has 20 heavy (non-hydrogen) atoms. The Labute approximate surface area is 122 Å². The zero-order valence-corrected chi connectivity index (χ0v) is 12.3. The molecule has 2 aromatic carbocycles. The van der Waals surface area contributed by atoms with Gasteiger partial charge in [-0.2, -0.15) is 0 Å². The SMILES string of the molecule is CC(NC(C)(CN)Cc1ccccc1)c1ccccc1. The summed E-state index contributed by atoms with van der Waals surface area (Å²) in [5, 5.41) is 3.68. The predicted octanol–water partition coefficient (Wildman–Crippen LogP) is 3.30. The van der Waals surface area contributed by atoms with Crippen LogP contribution in [-0.4, -0.2) is 12.1 Å². The van der Waals surface area contributed by atoms with E-state index in [4.69, 9.17) is 5.73 Å². The van der Waals surface area contributed by atoms with E-state index in [1.807, 2.05) is 12.1 Å². The van der Waals surface area contributed by atoms with Crippen LogP contribution < -0.4 is 11.1 Å². The summed E-state index contributed by atoms with van der Waals surface area (Å²) in [7, 11) is 0. The summed E-state index contributed by atoms with van der Waals surface area (Å²) in [6.07, 6.45) is 0.932. The van der Waals surface area contributed by atoms with Crippen LogP contribution in [0, 0.1) is 0 Å². The maximum Gasteiger partial charge on any atom is 0.0321 e. The summed E-state index contributed by atoms with van der Waals surface area (Å²) in [5.74, 6) is 0. The Hall–Kier alpha value is -1.64. The fourth-order valence-electron chi connectivity index (χ4n) is 2.58. The van der Waals surface area contributed by atoms with Crippen LogP contribution in [-0.2, 0) is 6.42 Å². The van der Waals surface area contributed by atoms with Gasteiger partial charge >= 0.3 is 0 Å². The molecule has 2 unspecified atom stereocenters. The Morgan fingerprint density at radius 1 is 1.00 bits per heavy atom. The molecule has 0 bridgehead atoms. The van der Waals surface area contributed by atoms with Crippen LogP contribution in [0.25, 0.3) is 0 Å². The topological polar surface area (TPSA) is 38.0 Å². The van der Waals surface area contributed by atoms with Crippen LogP contribution >= 0.6 is 0 Å². The van der Waals surface area contributed by atoms with E-state index < -0.39 is 0 Å². The van der Waals surface area contributed by atoms with E-state index in [0.717, 1.165) is 6.42 Å². The Morgan fingerprint density at radius 2 is 1.55 bits per heavy atom. The average Bonchev–Trinajstić information content (AvgIpc) is 2.49. The van der Waals surface area contributed by atoms with Crippen molar-refractivity contribution in [3.8, 4) is 0 Å². The molecule has 2 heteroatoms. The lowest BCUT2D eigenvalue weighted by atomic mass is 9.91. The summed E-state index contributed by atoms with van der Waals surface area (Å²) < 4.78 is 0. The van der Waals surface area contributed by atoms with E-state index in [-0.39, 0.29) is 11.6 Å². The lowest BCUT2D eigenvalue weighted by Crippen LogP contribution is -2.51. The van der Waals surface area contributed by atoms with Gasteiger partial charge in [-0.05, 0) is 31.4 Å². The Balaban J connectivity index is 2.07. The van der Waals surface area contributed by atoms with E-state index in [1.54, 1.807) is 0 Å². The number of hydrogen-bond donors (Lipinski definition) is 2. The monoisotopic (exact) mass is 268 g/mol. The van der Waals surface area contributed by atoms with Gasteiger partial charge in [0.1, 0.15) is 0 Å². The number of nitrogens with one attached hydrogen (secondary N) is 1. The summed E-state index contributed by atoms with van der Waals surface area (Å²) >= 11 is 0. The normalized spacial score (nSPS) is 15.6. The molecule has 0 heterocycles. The smallest absolute Gasteiger partial charge is 0.0321 e. The Morgan fingerprint density at radius 3 is 2.10 bits per heavy atom. The molecular formula is C18H24N2. The van der Waals surface area contributed by atoms with E-state index in [1.165, 1.54) is 11.1 Å². The zero-order chi connectivity index (χ0) is 14.4. The number of benzene rings is 2. The first kappa shape index (κ1) is 14.8. The summed E-state index contributed by atoms with van der Waals surface area (Å²) in [6, 6.07) is 21.3. The average molecular weight is 268 g/mol. The molecule has 3 N–H and O–H groups in total. The van der Waals surface area contributed by atoms with E-state index in [0.29, 0.717) is 6.54 Å². The molecule has 0 spiro atoms. The van der Waals surface area contributed by atoms with Gasteiger partial charge in [0.05, 0.1) is 0 Å². The minimum atomic E-state index is -0.101. The summed E-state index contributed by atoms with van der Waals surface area (Å²) in [4.78, 5) is 0. The predicted molar refractivity (Wildman–Crippen MR) is 85.6 cm³/mol. The molecule has 0 amide bonds. The van der Waals surface area contributed by atoms with Gasteiger partial charge in [0, 0.05) is 18.1 Å². The van der Waals surface area contributed by atoms with Gasteiger partial charge in [-0.25, -0.2) is 0 Å². The van der Waals surface area contributed by atoms with Crippen LogP contribution in [0.4, 0.5) is 0 Å². The lowest BCUT2D eigenvalue weighted by molar-refractivity contribution is 0.325. The van der Waals surface area contributed by atoms with Crippen molar-refractivity contribution in [2.24, 2.45) is 5.73 Å². The molecule has 2 nitrogen and oxygen atoms in total. The van der Waals surface area contributed by atoms with Crippen molar-refractivity contribution in [1.29, 1.82) is 0 Å². The van der Waals surface area contributed by atoms with Gasteiger partial charge in [-0.1, -0.05) is 60.7 Å².